The van der Waals surface area contributed by atoms with Gasteiger partial charge in [-0.2, -0.15) is 0 Å². The summed E-state index contributed by atoms with van der Waals surface area (Å²) in [5.41, 5.74) is -0.392. The lowest BCUT2D eigenvalue weighted by Crippen LogP contribution is -2.44. The Morgan fingerprint density at radius 2 is 1.76 bits per heavy atom. The monoisotopic (exact) mass is 518 g/mol. The number of likely N-dealkylation sites (tertiary alicyclic amines) is 2. The highest BCUT2D eigenvalue weighted by Gasteiger charge is 2.30. The van der Waals surface area contributed by atoms with E-state index in [1.54, 1.807) is 6.07 Å². The Labute approximate surface area is 217 Å². The molecule has 1 atom stereocenters. The van der Waals surface area contributed by atoms with Crippen LogP contribution in [0.4, 0.5) is 13.2 Å². The highest BCUT2D eigenvalue weighted by Crippen LogP contribution is 2.30. The van der Waals surface area contributed by atoms with Crippen molar-refractivity contribution >= 4 is 5.91 Å². The summed E-state index contributed by atoms with van der Waals surface area (Å²) in [7, 11) is 0. The van der Waals surface area contributed by atoms with Crippen molar-refractivity contribution in [3.8, 4) is 16.9 Å². The van der Waals surface area contributed by atoms with Crippen LogP contribution in [0.15, 0.2) is 36.4 Å². The first kappa shape index (κ1) is 27.5. The molecule has 1 N–H and O–H groups in total. The number of carbonyl (C=O) groups is 1. The van der Waals surface area contributed by atoms with Crippen molar-refractivity contribution in [1.82, 2.24) is 9.80 Å². The van der Waals surface area contributed by atoms with Crippen molar-refractivity contribution in [3.05, 3.63) is 53.6 Å². The van der Waals surface area contributed by atoms with Gasteiger partial charge >= 0.3 is 0 Å². The van der Waals surface area contributed by atoms with Gasteiger partial charge in [0.25, 0.3) is 5.91 Å². The van der Waals surface area contributed by atoms with Gasteiger partial charge in [0.2, 0.25) is 0 Å². The number of amides is 1. The van der Waals surface area contributed by atoms with Crippen LogP contribution in [0.1, 0.15) is 56.3 Å². The van der Waals surface area contributed by atoms with E-state index in [9.17, 15) is 23.1 Å². The lowest BCUT2D eigenvalue weighted by Gasteiger charge is -2.36. The topological polar surface area (TPSA) is 53.0 Å². The Morgan fingerprint density at radius 1 is 1.03 bits per heavy atom. The van der Waals surface area contributed by atoms with E-state index in [1.807, 2.05) is 13.8 Å². The smallest absolute Gasteiger partial charge is 0.254 e. The number of ether oxygens (including phenoxy) is 1. The van der Waals surface area contributed by atoms with E-state index < -0.39 is 23.4 Å². The summed E-state index contributed by atoms with van der Waals surface area (Å²) >= 11 is 0. The van der Waals surface area contributed by atoms with Crippen LogP contribution >= 0.6 is 0 Å². The third-order valence-electron chi connectivity index (χ3n) is 7.87. The summed E-state index contributed by atoms with van der Waals surface area (Å²) < 4.78 is 50.1. The highest BCUT2D eigenvalue weighted by atomic mass is 19.1. The quantitative estimate of drug-likeness (QED) is 0.479. The minimum Gasteiger partial charge on any atom is -0.490 e. The van der Waals surface area contributed by atoms with Crippen LogP contribution in [0.5, 0.6) is 5.75 Å². The van der Waals surface area contributed by atoms with Gasteiger partial charge in [0.05, 0.1) is 12.7 Å². The van der Waals surface area contributed by atoms with Crippen molar-refractivity contribution < 1.29 is 27.8 Å². The summed E-state index contributed by atoms with van der Waals surface area (Å²) in [6, 6.07) is 8.50. The lowest BCUT2D eigenvalue weighted by molar-refractivity contribution is 0.0565. The molecule has 4 rings (SSSR count). The van der Waals surface area contributed by atoms with Crippen LogP contribution in [-0.4, -0.2) is 71.9 Å². The van der Waals surface area contributed by atoms with Gasteiger partial charge in [0.15, 0.2) is 11.6 Å². The van der Waals surface area contributed by atoms with Gasteiger partial charge < -0.3 is 19.6 Å². The Morgan fingerprint density at radius 3 is 2.35 bits per heavy atom. The Hall–Kier alpha value is -2.58. The van der Waals surface area contributed by atoms with Crippen molar-refractivity contribution in [3.63, 3.8) is 0 Å². The van der Waals surface area contributed by atoms with Crippen LogP contribution < -0.4 is 4.74 Å². The fourth-order valence-corrected chi connectivity index (χ4v) is 5.17. The second-order valence-electron chi connectivity index (χ2n) is 10.4. The van der Waals surface area contributed by atoms with Crippen LogP contribution in [0.2, 0.25) is 0 Å². The van der Waals surface area contributed by atoms with Crippen molar-refractivity contribution in [2.24, 2.45) is 5.92 Å². The summed E-state index contributed by atoms with van der Waals surface area (Å²) in [5, 5.41) is 9.64. The van der Waals surface area contributed by atoms with E-state index in [4.69, 9.17) is 4.74 Å². The van der Waals surface area contributed by atoms with Gasteiger partial charge in [0.1, 0.15) is 11.5 Å². The minimum absolute atomic E-state index is 0.116. The van der Waals surface area contributed by atoms with Gasteiger partial charge in [-0.15, -0.1) is 0 Å². The Kier molecular flexibility index (Phi) is 8.80. The van der Waals surface area contributed by atoms with Gasteiger partial charge in [-0.25, -0.2) is 13.2 Å². The summed E-state index contributed by atoms with van der Waals surface area (Å²) in [6.07, 6.45) is 2.73. The first-order valence-electron chi connectivity index (χ1n) is 13.3. The van der Waals surface area contributed by atoms with E-state index in [0.717, 1.165) is 32.0 Å². The normalized spacial score (nSPS) is 19.4. The largest absolute Gasteiger partial charge is 0.490 e. The molecule has 8 heteroatoms. The summed E-state index contributed by atoms with van der Waals surface area (Å²) in [6.45, 7) is 6.89. The first-order valence-corrected chi connectivity index (χ1v) is 13.3. The molecular formula is C29H37F3N2O3. The molecule has 1 amide bonds. The van der Waals surface area contributed by atoms with E-state index in [2.05, 4.69) is 4.90 Å². The van der Waals surface area contributed by atoms with E-state index in [1.165, 1.54) is 29.2 Å². The van der Waals surface area contributed by atoms with Gasteiger partial charge in [-0.05, 0) is 80.9 Å². The lowest BCUT2D eigenvalue weighted by atomic mass is 9.94. The van der Waals surface area contributed by atoms with E-state index in [0.29, 0.717) is 44.5 Å². The number of nitrogens with zero attached hydrogens (tertiary/aromatic N) is 2. The molecule has 2 heterocycles. The molecule has 2 saturated heterocycles. The Bertz CT molecular complexity index is 1080. The summed E-state index contributed by atoms with van der Waals surface area (Å²) in [4.78, 5) is 16.2. The second-order valence-corrected chi connectivity index (χ2v) is 10.4. The average Bonchev–Trinajstić information content (AvgIpc) is 3.34. The first-order chi connectivity index (χ1) is 17.7. The molecule has 2 aliphatic rings. The molecule has 0 spiro atoms. The maximum Gasteiger partial charge on any atom is 0.254 e. The zero-order valence-electron chi connectivity index (χ0n) is 21.7. The molecule has 202 valence electrons. The van der Waals surface area contributed by atoms with Crippen LogP contribution in [-0.2, 0) is 0 Å². The average molecular weight is 519 g/mol. The molecule has 2 aromatic carbocycles. The number of halogens is 3. The zero-order valence-corrected chi connectivity index (χ0v) is 21.7. The van der Waals surface area contributed by atoms with Crippen molar-refractivity contribution in [2.45, 2.75) is 57.7 Å². The third-order valence-corrected chi connectivity index (χ3v) is 7.87. The molecule has 5 nitrogen and oxygen atoms in total. The maximum atomic E-state index is 14.9. The van der Waals surface area contributed by atoms with Gasteiger partial charge in [-0.3, -0.25) is 4.79 Å². The molecule has 2 fully saturated rings. The van der Waals surface area contributed by atoms with Crippen LogP contribution in [0.25, 0.3) is 11.1 Å². The molecule has 2 aromatic rings. The number of carbonyl (C=O) groups excluding carboxylic acids is 1. The minimum atomic E-state index is -1.14. The Balaban J connectivity index is 1.32. The van der Waals surface area contributed by atoms with Crippen molar-refractivity contribution in [1.29, 1.82) is 0 Å². The summed E-state index contributed by atoms with van der Waals surface area (Å²) in [5.74, 6) is -1.14. The number of piperidine rings is 1. The number of aliphatic hydroxyl groups is 1. The van der Waals surface area contributed by atoms with Gasteiger partial charge in [0, 0.05) is 30.8 Å². The molecular weight excluding hydrogens is 481 g/mol. The molecule has 0 aromatic heterocycles. The zero-order chi connectivity index (χ0) is 26.6. The second kappa shape index (κ2) is 11.9. The third kappa shape index (κ3) is 6.65. The number of aliphatic hydroxyl groups excluding tert-OH is 1. The molecule has 2 aliphatic heterocycles. The predicted molar refractivity (Wildman–Crippen MR) is 137 cm³/mol. The standard InChI is InChI=1S/C29H37F3N2O3/c1-3-29(32,4-2)19-33-12-9-20(10-13-33)18-37-27-8-6-21(15-26(27)31)24-7-5-22(16-25(24)30)28(36)34-14-11-23(35)17-34/h5-8,15-16,20,23,35H,3-4,9-14,17-19H2,1-2H3. The highest BCUT2D eigenvalue weighted by molar-refractivity contribution is 5.95. The molecule has 0 aliphatic carbocycles. The predicted octanol–water partition coefficient (Wildman–Crippen LogP) is 5.46. The fourth-order valence-electron chi connectivity index (χ4n) is 5.17. The number of alkyl halides is 1. The van der Waals surface area contributed by atoms with Gasteiger partial charge in [-0.1, -0.05) is 26.0 Å². The number of rotatable bonds is 9. The van der Waals surface area contributed by atoms with E-state index >= 15 is 0 Å². The molecule has 37 heavy (non-hydrogen) atoms. The van der Waals surface area contributed by atoms with Crippen molar-refractivity contribution in [2.75, 3.05) is 39.3 Å². The van der Waals surface area contributed by atoms with E-state index in [-0.39, 0.29) is 35.2 Å². The molecule has 0 bridgehead atoms. The maximum absolute atomic E-state index is 14.9. The number of benzene rings is 2. The fraction of sp³-hybridized carbons (Fsp3) is 0.552. The van der Waals surface area contributed by atoms with Crippen LogP contribution in [0, 0.1) is 17.6 Å². The molecule has 0 saturated carbocycles. The SMILES string of the molecule is CCC(F)(CC)CN1CCC(COc2ccc(-c3ccc(C(=O)N4CCC(O)C4)cc3F)cc2F)CC1. The number of β-amino-alcohol motifs (C(OH)–C–C–N with tert-alkyl or cyclic N) is 1. The molecule has 1 unspecified atom stereocenters. The van der Waals surface area contributed by atoms with Crippen LogP contribution in [0.3, 0.4) is 0 Å². The number of hydrogen-bond donors (Lipinski definition) is 1. The molecule has 0 radical (unpaired) electrons. The number of hydrogen-bond acceptors (Lipinski definition) is 4.